The van der Waals surface area contributed by atoms with Gasteiger partial charge in [-0.05, 0) is 61.0 Å². The van der Waals surface area contributed by atoms with E-state index in [0.717, 1.165) is 29.2 Å². The molecule has 6 N–H and O–H groups in total. The molecule has 0 saturated carbocycles. The number of carboxylic acid groups (broad SMARTS) is 2. The molecule has 5 heterocycles. The number of aliphatic hydroxyl groups excluding tert-OH is 3. The van der Waals surface area contributed by atoms with Crippen LogP contribution in [0.5, 0.6) is 17.2 Å². The fraction of sp³-hybridized carbons (Fsp3) is 0.478. The first-order chi connectivity index (χ1) is 35.8. The van der Waals surface area contributed by atoms with Crippen LogP contribution in [0, 0.1) is 5.82 Å². The molecule has 0 spiro atoms. The molecule has 0 bridgehead atoms. The number of aryl methyl sites for hydroxylation is 2. The molecule has 3 aliphatic heterocycles. The molecule has 1 unspecified atom stereocenters. The van der Waals surface area contributed by atoms with Crippen LogP contribution < -0.4 is 18.7 Å². The molecule has 4 aliphatic rings. The molecule has 1 fully saturated rings. The molecule has 1 saturated heterocycles. The number of carbonyl (C=O) groups excluding carboxylic acids is 2. The van der Waals surface area contributed by atoms with Gasteiger partial charge in [-0.15, -0.1) is 8.42 Å². The van der Waals surface area contributed by atoms with Crippen LogP contribution in [-0.4, -0.2) is 167 Å². The Hall–Kier alpha value is -7.05. The lowest BCUT2D eigenvalue weighted by Gasteiger charge is -2.38. The molecular formula is C46H49FN6O21S. The van der Waals surface area contributed by atoms with E-state index in [2.05, 4.69) is 10.0 Å². The third-order valence-electron chi connectivity index (χ3n) is 12.8. The average Bonchev–Trinajstić information content (AvgIpc) is 3.78. The third kappa shape index (κ3) is 11.0. The number of aromatic nitrogens is 2. The molecule has 27 nitrogen and oxygen atoms in total. The summed E-state index contributed by atoms with van der Waals surface area (Å²) in [5.41, 5.74) is 7.13. The van der Waals surface area contributed by atoms with Gasteiger partial charge in [0.15, 0.2) is 34.8 Å². The highest BCUT2D eigenvalue weighted by molar-refractivity contribution is 7.82. The zero-order chi connectivity index (χ0) is 53.9. The summed E-state index contributed by atoms with van der Waals surface area (Å²) in [5, 5.41) is 65.7. The quantitative estimate of drug-likeness (QED) is 0.0171. The van der Waals surface area contributed by atoms with Crippen molar-refractivity contribution < 1.29 is 99.4 Å². The Kier molecular flexibility index (Phi) is 16.2. The van der Waals surface area contributed by atoms with Gasteiger partial charge in [0.1, 0.15) is 31.5 Å². The monoisotopic (exact) mass is 1070 g/mol. The Morgan fingerprint density at radius 3 is 2.33 bits per heavy atom. The zero-order valence-electron chi connectivity index (χ0n) is 39.7. The molecule has 2 aromatic carbocycles. The summed E-state index contributed by atoms with van der Waals surface area (Å²) in [4.78, 5) is 72.4. The Morgan fingerprint density at radius 2 is 1.64 bits per heavy atom. The van der Waals surface area contributed by atoms with E-state index in [0.29, 0.717) is 29.4 Å². The maximum Gasteiger partial charge on any atom is 0.501 e. The number of carboxylic acids is 2. The molecule has 1 aliphatic carbocycles. The normalized spacial score (nSPS) is 21.5. The second kappa shape index (κ2) is 22.4. The van der Waals surface area contributed by atoms with Gasteiger partial charge in [-0.3, -0.25) is 14.4 Å². The van der Waals surface area contributed by atoms with Crippen molar-refractivity contribution in [3.63, 3.8) is 0 Å². The number of amides is 1. The molecule has 402 valence electrons. The highest BCUT2D eigenvalue weighted by atomic mass is 32.3. The maximum absolute atomic E-state index is 16.4. The fourth-order valence-electron chi connectivity index (χ4n) is 9.19. The minimum Gasteiger partial charge on any atom is -0.480 e. The van der Waals surface area contributed by atoms with Gasteiger partial charge in [-0.2, -0.15) is 0 Å². The van der Waals surface area contributed by atoms with E-state index in [4.69, 9.17) is 47.3 Å². The van der Waals surface area contributed by atoms with Crippen molar-refractivity contribution in [3.05, 3.63) is 90.3 Å². The van der Waals surface area contributed by atoms with E-state index < -0.39 is 111 Å². The Morgan fingerprint density at radius 1 is 0.933 bits per heavy atom. The van der Waals surface area contributed by atoms with E-state index in [1.165, 1.54) is 10.6 Å². The number of hydrogen-bond acceptors (Lipinski definition) is 21. The molecule has 4 aromatic rings. The summed E-state index contributed by atoms with van der Waals surface area (Å²) >= 11 is 0. The van der Waals surface area contributed by atoms with E-state index in [9.17, 15) is 63.0 Å². The predicted octanol–water partition coefficient (Wildman–Crippen LogP) is 0.568. The van der Waals surface area contributed by atoms with Crippen molar-refractivity contribution in [1.82, 2.24) is 14.5 Å². The van der Waals surface area contributed by atoms with E-state index in [-0.39, 0.29) is 112 Å². The van der Waals surface area contributed by atoms with Crippen LogP contribution in [0.4, 0.5) is 4.39 Å². The van der Waals surface area contributed by atoms with Crippen LogP contribution >= 0.6 is 0 Å². The average molecular weight is 1070 g/mol. The number of ether oxygens (including phenoxy) is 6. The minimum absolute atomic E-state index is 0.0151. The largest absolute Gasteiger partial charge is 0.501 e. The lowest BCUT2D eigenvalue weighted by molar-refractivity contribution is -0.271. The van der Waals surface area contributed by atoms with Crippen LogP contribution in [0.15, 0.2) is 40.2 Å². The number of azide groups is 1. The topological polar surface area (TPSA) is 385 Å². The first kappa shape index (κ1) is 54.2. The number of carbonyl (C=O) groups is 4. The molecule has 75 heavy (non-hydrogen) atoms. The van der Waals surface area contributed by atoms with Gasteiger partial charge in [0.25, 0.3) is 11.5 Å². The van der Waals surface area contributed by atoms with Gasteiger partial charge >= 0.3 is 28.3 Å². The van der Waals surface area contributed by atoms with Crippen molar-refractivity contribution in [2.24, 2.45) is 5.11 Å². The lowest BCUT2D eigenvalue weighted by Crippen LogP contribution is -2.61. The number of rotatable bonds is 23. The second-order valence-corrected chi connectivity index (χ2v) is 18.6. The third-order valence-corrected chi connectivity index (χ3v) is 13.6. The van der Waals surface area contributed by atoms with E-state index in [1.54, 1.807) is 6.92 Å². The Balaban J connectivity index is 1.07. The number of benzene rings is 2. The fourth-order valence-corrected chi connectivity index (χ4v) is 9.96. The number of aliphatic carboxylic acids is 2. The Bertz CT molecular complexity index is 3150. The van der Waals surface area contributed by atoms with Crippen molar-refractivity contribution in [2.45, 2.75) is 82.1 Å². The summed E-state index contributed by atoms with van der Waals surface area (Å²) in [7, 11) is -5.54. The number of halogens is 1. The van der Waals surface area contributed by atoms with Gasteiger partial charge in [-0.25, -0.2) is 19.0 Å². The van der Waals surface area contributed by atoms with Gasteiger partial charge < -0.3 is 76.9 Å². The van der Waals surface area contributed by atoms with Crippen LogP contribution in [0.1, 0.15) is 57.9 Å². The van der Waals surface area contributed by atoms with Crippen molar-refractivity contribution in [1.29, 1.82) is 0 Å². The predicted molar refractivity (Wildman–Crippen MR) is 248 cm³/mol. The highest BCUT2D eigenvalue weighted by Crippen LogP contribution is 2.45. The first-order valence-electron chi connectivity index (χ1n) is 23.2. The molecule has 8 rings (SSSR count). The van der Waals surface area contributed by atoms with Crippen molar-refractivity contribution in [2.75, 3.05) is 59.3 Å². The standard InChI is InChI=1S/C46H49FN6O21S/c1-2-46(64)27-17-30-35-25(19-53(30)42(60)26(27)21-70-45(46)63)23-4-3-5-24-34(23)29(50-35)18-28(47)39(24)74-75(65,66)73-32-16-22(6-7-31(32)71-44-38(58)36(56)37(57)40(72-44)43(61)62)41(59)52(20-33(54)55)9-11-68-13-15-69-14-12-67-10-8-49-51-48/h6-7,16-18,36-38,40,44,56-58,64H,2-5,8-15,19-21H2,1H3,(H,54,55)(H,61,62)/t36-,37-,38+,40-,44?,46-/m0/s1. The van der Waals surface area contributed by atoms with E-state index >= 15 is 4.39 Å². The summed E-state index contributed by atoms with van der Waals surface area (Å²) in [6.45, 7) is 0.576. The Labute approximate surface area is 423 Å². The molecule has 29 heteroatoms. The molecular weight excluding hydrogens is 1020 g/mol. The number of cyclic esters (lactones) is 1. The first-order valence-corrected chi connectivity index (χ1v) is 24.6. The molecule has 6 atom stereocenters. The van der Waals surface area contributed by atoms with Gasteiger partial charge in [0.05, 0.1) is 68.7 Å². The van der Waals surface area contributed by atoms with Crippen LogP contribution in [0.3, 0.4) is 0 Å². The van der Waals surface area contributed by atoms with Gasteiger partial charge in [0, 0.05) is 51.7 Å². The summed E-state index contributed by atoms with van der Waals surface area (Å²) < 4.78 is 88.7. The van der Waals surface area contributed by atoms with Crippen LogP contribution in [-0.2, 0) is 80.1 Å². The summed E-state index contributed by atoms with van der Waals surface area (Å²) in [6.07, 6.45) is -10.2. The number of esters is 1. The highest BCUT2D eigenvalue weighted by Gasteiger charge is 2.49. The lowest BCUT2D eigenvalue weighted by atomic mass is 9.85. The molecule has 2 aromatic heterocycles. The van der Waals surface area contributed by atoms with Crippen LogP contribution in [0.25, 0.3) is 32.7 Å². The summed E-state index contributed by atoms with van der Waals surface area (Å²) in [6, 6.07) is 5.09. The molecule has 1 amide bonds. The van der Waals surface area contributed by atoms with Crippen LogP contribution in [0.2, 0.25) is 0 Å². The van der Waals surface area contributed by atoms with E-state index in [1.807, 2.05) is 0 Å². The number of aliphatic hydroxyl groups is 4. The van der Waals surface area contributed by atoms with Crippen molar-refractivity contribution >= 4 is 45.1 Å². The number of nitrogens with zero attached hydrogens (tertiary/aromatic N) is 6. The second-order valence-electron chi connectivity index (χ2n) is 17.4. The summed E-state index contributed by atoms with van der Waals surface area (Å²) in [5.74, 6) is -8.86. The SMILES string of the molecule is CC[C@@]1(O)C(=O)OCc2c1cc1n(c2=O)Cc2c-1nc1cc(F)c(OS(=O)(=O)Oc3cc(C(=O)N(CCOCCOCCOCCN=[N+]=[N-])CC(=O)O)ccc3OC3O[C@H](C(=O)O)[C@@H](O)[C@H](O)[C@H]3O)c3c1c2CCC3. The van der Waals surface area contributed by atoms with Crippen molar-refractivity contribution in [3.8, 4) is 28.6 Å². The zero-order valence-corrected chi connectivity index (χ0v) is 40.5. The molecule has 0 radical (unpaired) electrons. The van der Waals surface area contributed by atoms with Gasteiger partial charge in [0.2, 0.25) is 6.29 Å². The van der Waals surface area contributed by atoms with Gasteiger partial charge in [-0.1, -0.05) is 12.0 Å². The number of fused-ring (bicyclic) bond motifs is 5. The minimum atomic E-state index is -5.54. The smallest absolute Gasteiger partial charge is 0.480 e. The number of hydrogen-bond donors (Lipinski definition) is 6. The number of pyridine rings is 2. The maximum atomic E-state index is 16.4.